The molecule has 2 saturated heterocycles. The van der Waals surface area contributed by atoms with Crippen LogP contribution in [0.4, 0.5) is 5.69 Å². The number of hydrogen-bond donors (Lipinski definition) is 1. The number of rotatable bonds is 3. The van der Waals surface area contributed by atoms with Gasteiger partial charge in [0.25, 0.3) is 5.69 Å². The van der Waals surface area contributed by atoms with Crippen LogP contribution >= 0.6 is 0 Å². The predicted octanol–water partition coefficient (Wildman–Crippen LogP) is 1.35. The highest BCUT2D eigenvalue weighted by molar-refractivity contribution is 5.79. The molecule has 2 fully saturated rings. The summed E-state index contributed by atoms with van der Waals surface area (Å²) in [5.41, 5.74) is 0.745. The van der Waals surface area contributed by atoms with Gasteiger partial charge in [-0.1, -0.05) is 12.1 Å². The van der Waals surface area contributed by atoms with Crippen molar-refractivity contribution >= 4 is 11.6 Å². The number of non-ortho nitro benzene ring substituents is 1. The summed E-state index contributed by atoms with van der Waals surface area (Å²) in [6, 6.07) is 6.76. The monoisotopic (exact) mass is 289 g/mol. The van der Waals surface area contributed by atoms with E-state index in [1.807, 2.05) is 4.90 Å². The highest BCUT2D eigenvalue weighted by Crippen LogP contribution is 2.25. The molecule has 0 aliphatic carbocycles. The third-order valence-corrected chi connectivity index (χ3v) is 4.43. The summed E-state index contributed by atoms with van der Waals surface area (Å²) in [6.07, 6.45) is 2.59. The van der Waals surface area contributed by atoms with E-state index < -0.39 is 4.92 Å². The van der Waals surface area contributed by atoms with Crippen LogP contribution in [0.3, 0.4) is 0 Å². The van der Waals surface area contributed by atoms with Gasteiger partial charge in [-0.05, 0) is 30.9 Å². The number of amides is 1. The van der Waals surface area contributed by atoms with Crippen LogP contribution in [0.2, 0.25) is 0 Å². The molecule has 2 aliphatic heterocycles. The van der Waals surface area contributed by atoms with E-state index in [2.05, 4.69) is 5.32 Å². The third-order valence-electron chi connectivity index (χ3n) is 4.43. The summed E-state index contributed by atoms with van der Waals surface area (Å²) in [7, 11) is 0. The zero-order valence-corrected chi connectivity index (χ0v) is 11.8. The zero-order chi connectivity index (χ0) is 14.8. The van der Waals surface area contributed by atoms with E-state index >= 15 is 0 Å². The largest absolute Gasteiger partial charge is 0.341 e. The number of benzene rings is 1. The highest BCUT2D eigenvalue weighted by atomic mass is 16.6. The molecule has 2 aliphatic rings. The molecule has 21 heavy (non-hydrogen) atoms. The first-order chi connectivity index (χ1) is 10.1. The predicted molar refractivity (Wildman–Crippen MR) is 77.9 cm³/mol. The number of nitrogens with one attached hydrogen (secondary N) is 1. The minimum absolute atomic E-state index is 0.0389. The van der Waals surface area contributed by atoms with Crippen LogP contribution in [0.5, 0.6) is 0 Å². The molecule has 112 valence electrons. The molecule has 1 aromatic rings. The number of piperidine rings is 1. The molecule has 0 saturated carbocycles. The van der Waals surface area contributed by atoms with Crippen LogP contribution in [0, 0.1) is 16.0 Å². The summed E-state index contributed by atoms with van der Waals surface area (Å²) < 4.78 is 0. The van der Waals surface area contributed by atoms with Crippen molar-refractivity contribution in [1.29, 1.82) is 0 Å². The zero-order valence-electron chi connectivity index (χ0n) is 11.8. The van der Waals surface area contributed by atoms with Crippen molar-refractivity contribution < 1.29 is 9.72 Å². The quantitative estimate of drug-likeness (QED) is 0.673. The normalized spacial score (nSPS) is 24.7. The van der Waals surface area contributed by atoms with Gasteiger partial charge in [0.1, 0.15) is 0 Å². The van der Waals surface area contributed by atoms with Crippen LogP contribution in [0.15, 0.2) is 24.3 Å². The summed E-state index contributed by atoms with van der Waals surface area (Å²) in [6.45, 7) is 2.61. The van der Waals surface area contributed by atoms with Gasteiger partial charge in [-0.15, -0.1) is 0 Å². The molecular formula is C15H19N3O3. The number of likely N-dealkylation sites (tertiary alicyclic amines) is 1. The summed E-state index contributed by atoms with van der Waals surface area (Å²) in [5, 5.41) is 14.2. The van der Waals surface area contributed by atoms with Gasteiger partial charge in [-0.2, -0.15) is 0 Å². The SMILES string of the molecule is O=C(Cc1cccc([N+](=O)[O-])c1)N1CC2CCCNC2C1. The van der Waals surface area contributed by atoms with Crippen LogP contribution in [0.1, 0.15) is 18.4 Å². The van der Waals surface area contributed by atoms with E-state index in [9.17, 15) is 14.9 Å². The van der Waals surface area contributed by atoms with Gasteiger partial charge in [-0.25, -0.2) is 0 Å². The smallest absolute Gasteiger partial charge is 0.269 e. The Hall–Kier alpha value is -1.95. The van der Waals surface area contributed by atoms with Gasteiger partial charge < -0.3 is 10.2 Å². The number of hydrogen-bond acceptors (Lipinski definition) is 4. The van der Waals surface area contributed by atoms with Gasteiger partial charge in [-0.3, -0.25) is 14.9 Å². The fraction of sp³-hybridized carbons (Fsp3) is 0.533. The third kappa shape index (κ3) is 3.05. The standard InChI is InChI=1S/C15H19N3O3/c19-15(8-11-3-1-5-13(7-11)18(20)21)17-9-12-4-2-6-16-14(12)10-17/h1,3,5,7,12,14,16H,2,4,6,8-10H2. The highest BCUT2D eigenvalue weighted by Gasteiger charge is 2.36. The molecule has 0 aromatic heterocycles. The number of carbonyl (C=O) groups excluding carboxylic acids is 1. The minimum atomic E-state index is -0.428. The first kappa shape index (κ1) is 14.0. The number of carbonyl (C=O) groups is 1. The first-order valence-corrected chi connectivity index (χ1v) is 7.38. The van der Waals surface area contributed by atoms with E-state index in [4.69, 9.17) is 0 Å². The molecule has 6 heteroatoms. The summed E-state index contributed by atoms with van der Waals surface area (Å²) in [5.74, 6) is 0.625. The Morgan fingerprint density at radius 3 is 3.05 bits per heavy atom. The second kappa shape index (κ2) is 5.81. The molecule has 0 radical (unpaired) electrons. The van der Waals surface area contributed by atoms with Gasteiger partial charge >= 0.3 is 0 Å². The Morgan fingerprint density at radius 2 is 2.29 bits per heavy atom. The molecule has 0 bridgehead atoms. The van der Waals surface area contributed by atoms with Crippen molar-refractivity contribution in [3.8, 4) is 0 Å². The fourth-order valence-electron chi connectivity index (χ4n) is 3.32. The molecule has 2 heterocycles. The van der Waals surface area contributed by atoms with Crippen LogP contribution in [0.25, 0.3) is 0 Å². The minimum Gasteiger partial charge on any atom is -0.341 e. The van der Waals surface area contributed by atoms with E-state index in [1.165, 1.54) is 25.0 Å². The Bertz CT molecular complexity index is 547. The van der Waals surface area contributed by atoms with E-state index in [0.29, 0.717) is 17.5 Å². The van der Waals surface area contributed by atoms with Crippen LogP contribution in [-0.4, -0.2) is 41.4 Å². The molecule has 2 unspecified atom stereocenters. The Labute approximate surface area is 123 Å². The molecule has 3 rings (SSSR count). The van der Waals surface area contributed by atoms with Crippen molar-refractivity contribution in [3.63, 3.8) is 0 Å². The molecule has 0 spiro atoms. The van der Waals surface area contributed by atoms with Crippen molar-refractivity contribution in [2.24, 2.45) is 5.92 Å². The maximum absolute atomic E-state index is 12.4. The Kier molecular flexibility index (Phi) is 3.88. The topological polar surface area (TPSA) is 75.5 Å². The van der Waals surface area contributed by atoms with E-state index in [-0.39, 0.29) is 18.0 Å². The molecule has 1 amide bonds. The van der Waals surface area contributed by atoms with Crippen LogP contribution < -0.4 is 5.32 Å². The van der Waals surface area contributed by atoms with Gasteiger partial charge in [0.05, 0.1) is 11.3 Å². The second-order valence-electron chi connectivity index (χ2n) is 5.87. The lowest BCUT2D eigenvalue weighted by Crippen LogP contribution is -2.41. The van der Waals surface area contributed by atoms with Crippen molar-refractivity contribution in [2.75, 3.05) is 19.6 Å². The van der Waals surface area contributed by atoms with Gasteiger partial charge in [0.15, 0.2) is 0 Å². The van der Waals surface area contributed by atoms with Crippen LogP contribution in [-0.2, 0) is 11.2 Å². The van der Waals surface area contributed by atoms with Gasteiger partial charge in [0.2, 0.25) is 5.91 Å². The molecule has 6 nitrogen and oxygen atoms in total. The lowest BCUT2D eigenvalue weighted by atomic mass is 9.94. The fourth-order valence-corrected chi connectivity index (χ4v) is 3.32. The number of nitrogens with zero attached hydrogens (tertiary/aromatic N) is 2. The average molecular weight is 289 g/mol. The maximum atomic E-state index is 12.4. The summed E-state index contributed by atoms with van der Waals surface area (Å²) in [4.78, 5) is 24.6. The second-order valence-corrected chi connectivity index (χ2v) is 5.87. The number of fused-ring (bicyclic) bond motifs is 1. The Balaban J connectivity index is 1.64. The molecular weight excluding hydrogens is 270 g/mol. The molecule has 1 N–H and O–H groups in total. The van der Waals surface area contributed by atoms with E-state index in [0.717, 1.165) is 19.6 Å². The van der Waals surface area contributed by atoms with Gasteiger partial charge in [0, 0.05) is 31.3 Å². The lowest BCUT2D eigenvalue weighted by molar-refractivity contribution is -0.384. The van der Waals surface area contributed by atoms with Crippen molar-refractivity contribution in [3.05, 3.63) is 39.9 Å². The molecule has 2 atom stereocenters. The van der Waals surface area contributed by atoms with Crippen molar-refractivity contribution in [2.45, 2.75) is 25.3 Å². The lowest BCUT2D eigenvalue weighted by Gasteiger charge is -2.24. The first-order valence-electron chi connectivity index (χ1n) is 7.38. The Morgan fingerprint density at radius 1 is 1.43 bits per heavy atom. The molecule has 1 aromatic carbocycles. The number of nitro benzene ring substituents is 1. The maximum Gasteiger partial charge on any atom is 0.269 e. The summed E-state index contributed by atoms with van der Waals surface area (Å²) >= 11 is 0. The van der Waals surface area contributed by atoms with E-state index in [1.54, 1.807) is 12.1 Å². The van der Waals surface area contributed by atoms with Crippen molar-refractivity contribution in [1.82, 2.24) is 10.2 Å². The average Bonchev–Trinajstić information content (AvgIpc) is 2.91. The number of nitro groups is 1.